The second-order valence-electron chi connectivity index (χ2n) is 10.6. The lowest BCUT2D eigenvalue weighted by Gasteiger charge is -2.38. The van der Waals surface area contributed by atoms with Gasteiger partial charge in [-0.25, -0.2) is 4.79 Å². The smallest absolute Gasteiger partial charge is 0.338 e. The molecule has 5 heteroatoms. The maximum Gasteiger partial charge on any atom is 0.338 e. The first kappa shape index (κ1) is 25.5. The van der Waals surface area contributed by atoms with Gasteiger partial charge in [-0.05, 0) is 48.3 Å². The fraction of sp³-hybridized carbons (Fsp3) is 0.258. The molecule has 0 fully saturated rings. The minimum absolute atomic E-state index is 0.00738. The van der Waals surface area contributed by atoms with Gasteiger partial charge in [-0.2, -0.15) is 0 Å². The Hall–Kier alpha value is -3.57. The molecule has 186 valence electrons. The van der Waals surface area contributed by atoms with Gasteiger partial charge in [0.05, 0.1) is 12.2 Å². The molecule has 0 aromatic heterocycles. The fourth-order valence-corrected chi connectivity index (χ4v) is 5.14. The molecule has 0 bridgehead atoms. The number of hydrogen-bond acceptors (Lipinski definition) is 4. The van der Waals surface area contributed by atoms with E-state index in [0.717, 1.165) is 38.8 Å². The van der Waals surface area contributed by atoms with Gasteiger partial charge in [0, 0.05) is 27.6 Å². The molecule has 0 atom stereocenters. The Morgan fingerprint density at radius 3 is 1.94 bits per heavy atom. The van der Waals surface area contributed by atoms with Gasteiger partial charge in [0.15, 0.2) is 0 Å². The number of fused-ring (bicyclic) bond motifs is 1. The highest BCUT2D eigenvalue weighted by molar-refractivity contribution is 6.75. The Morgan fingerprint density at radius 1 is 0.806 bits per heavy atom. The Bertz CT molecular complexity index is 1390. The number of esters is 1. The molecule has 0 aliphatic carbocycles. The molecule has 0 aliphatic heterocycles. The topological polar surface area (TPSA) is 61.5 Å². The monoisotopic (exact) mass is 497 g/mol. The van der Waals surface area contributed by atoms with Crippen molar-refractivity contribution in [2.24, 2.45) is 0 Å². The highest BCUT2D eigenvalue weighted by atomic mass is 28.4. The number of nitrogens with two attached hydrogens (primary N) is 1. The van der Waals surface area contributed by atoms with Crippen LogP contribution in [0, 0.1) is 0 Å². The second kappa shape index (κ2) is 9.82. The van der Waals surface area contributed by atoms with Crippen LogP contribution in [0.15, 0.2) is 78.9 Å². The Kier molecular flexibility index (Phi) is 6.96. The minimum Gasteiger partial charge on any atom is -0.543 e. The molecule has 0 unspecified atom stereocenters. The van der Waals surface area contributed by atoms with Crippen molar-refractivity contribution in [1.82, 2.24) is 0 Å². The normalized spacial score (nSPS) is 11.9. The summed E-state index contributed by atoms with van der Waals surface area (Å²) in [6.45, 7) is 13.4. The van der Waals surface area contributed by atoms with Crippen LogP contribution in [0.25, 0.3) is 33.0 Å². The average molecular weight is 498 g/mol. The van der Waals surface area contributed by atoms with E-state index < -0.39 is 8.32 Å². The molecule has 0 saturated carbocycles. The van der Waals surface area contributed by atoms with Crippen molar-refractivity contribution >= 4 is 30.7 Å². The molecule has 0 amide bonds. The highest BCUT2D eigenvalue weighted by Gasteiger charge is 2.40. The molecule has 4 aromatic rings. The van der Waals surface area contributed by atoms with Gasteiger partial charge in [-0.1, -0.05) is 87.5 Å². The zero-order valence-corrected chi connectivity index (χ0v) is 23.0. The quantitative estimate of drug-likeness (QED) is 0.165. The lowest BCUT2D eigenvalue weighted by molar-refractivity contribution is 0.0526. The standard InChI is InChI=1S/C31H35NO3Si/c1-7-34-30(33)23-19-17-22(18-20-23)27-26(21-13-9-8-10-14-21)28(32)24-15-11-12-16-25(24)29(27)35-36(5,6)31(2,3)4/h8-20H,7,32H2,1-6H3. The van der Waals surface area contributed by atoms with Gasteiger partial charge in [0.25, 0.3) is 8.32 Å². The van der Waals surface area contributed by atoms with Crippen LogP contribution in [0.3, 0.4) is 0 Å². The number of rotatable bonds is 6. The number of nitrogen functional groups attached to an aromatic ring is 1. The summed E-state index contributed by atoms with van der Waals surface area (Å²) >= 11 is 0. The molecule has 36 heavy (non-hydrogen) atoms. The summed E-state index contributed by atoms with van der Waals surface area (Å²) in [6, 6.07) is 25.9. The van der Waals surface area contributed by atoms with E-state index >= 15 is 0 Å². The lowest BCUT2D eigenvalue weighted by atomic mass is 9.88. The number of hydrogen-bond donors (Lipinski definition) is 1. The summed E-state index contributed by atoms with van der Waals surface area (Å²) < 4.78 is 12.3. The molecular weight excluding hydrogens is 462 g/mol. The lowest BCUT2D eigenvalue weighted by Crippen LogP contribution is -2.44. The van der Waals surface area contributed by atoms with Crippen LogP contribution in [-0.4, -0.2) is 20.9 Å². The maximum atomic E-state index is 12.3. The summed E-state index contributed by atoms with van der Waals surface area (Å²) in [7, 11) is -2.22. The van der Waals surface area contributed by atoms with E-state index in [-0.39, 0.29) is 11.0 Å². The summed E-state index contributed by atoms with van der Waals surface area (Å²) in [6.07, 6.45) is 0. The van der Waals surface area contributed by atoms with Crippen molar-refractivity contribution in [3.05, 3.63) is 84.4 Å². The minimum atomic E-state index is -2.22. The van der Waals surface area contributed by atoms with E-state index in [2.05, 4.69) is 58.1 Å². The number of anilines is 1. The molecule has 0 saturated heterocycles. The zero-order chi connectivity index (χ0) is 26.1. The number of carbonyl (C=O) groups is 1. The van der Waals surface area contributed by atoms with Gasteiger partial charge in [0.2, 0.25) is 0 Å². The van der Waals surface area contributed by atoms with Crippen molar-refractivity contribution < 1.29 is 14.0 Å². The van der Waals surface area contributed by atoms with Crippen LogP contribution < -0.4 is 10.2 Å². The predicted molar refractivity (Wildman–Crippen MR) is 153 cm³/mol. The third kappa shape index (κ3) is 4.76. The van der Waals surface area contributed by atoms with E-state index in [4.69, 9.17) is 14.9 Å². The predicted octanol–water partition coefficient (Wildman–Crippen LogP) is 8.32. The van der Waals surface area contributed by atoms with Crippen molar-refractivity contribution in [1.29, 1.82) is 0 Å². The van der Waals surface area contributed by atoms with Gasteiger partial charge in [0.1, 0.15) is 5.75 Å². The van der Waals surface area contributed by atoms with Gasteiger partial charge in [-0.3, -0.25) is 0 Å². The Morgan fingerprint density at radius 2 is 1.36 bits per heavy atom. The third-order valence-electron chi connectivity index (χ3n) is 7.12. The van der Waals surface area contributed by atoms with Crippen LogP contribution in [0.5, 0.6) is 5.75 Å². The molecule has 0 radical (unpaired) electrons. The molecule has 2 N–H and O–H groups in total. The second-order valence-corrected chi connectivity index (χ2v) is 15.3. The summed E-state index contributed by atoms with van der Waals surface area (Å²) in [5.74, 6) is 0.511. The Labute approximate surface area is 215 Å². The van der Waals surface area contributed by atoms with Crippen molar-refractivity contribution in [3.8, 4) is 28.0 Å². The van der Waals surface area contributed by atoms with Crippen LogP contribution in [-0.2, 0) is 4.74 Å². The van der Waals surface area contributed by atoms with Crippen LogP contribution >= 0.6 is 0 Å². The van der Waals surface area contributed by atoms with E-state index in [1.165, 1.54) is 0 Å². The van der Waals surface area contributed by atoms with Crippen LogP contribution in [0.2, 0.25) is 18.1 Å². The van der Waals surface area contributed by atoms with Crippen molar-refractivity contribution in [2.45, 2.75) is 45.8 Å². The first-order chi connectivity index (χ1) is 17.0. The van der Waals surface area contributed by atoms with Crippen molar-refractivity contribution in [3.63, 3.8) is 0 Å². The number of ether oxygens (including phenoxy) is 1. The molecule has 0 heterocycles. The summed E-state index contributed by atoms with van der Waals surface area (Å²) in [4.78, 5) is 12.3. The molecule has 4 nitrogen and oxygen atoms in total. The van der Waals surface area contributed by atoms with Crippen molar-refractivity contribution in [2.75, 3.05) is 12.3 Å². The fourth-order valence-electron chi connectivity index (χ4n) is 4.12. The van der Waals surface area contributed by atoms with Crippen LogP contribution in [0.1, 0.15) is 38.1 Å². The molecule has 4 aromatic carbocycles. The van der Waals surface area contributed by atoms with E-state index in [0.29, 0.717) is 17.9 Å². The third-order valence-corrected chi connectivity index (χ3v) is 11.4. The van der Waals surface area contributed by atoms with E-state index in [1.54, 1.807) is 6.92 Å². The molecule has 4 rings (SSSR count). The van der Waals surface area contributed by atoms with Gasteiger partial charge >= 0.3 is 5.97 Å². The average Bonchev–Trinajstić information content (AvgIpc) is 2.85. The number of carbonyl (C=O) groups excluding carboxylic acids is 1. The molecule has 0 aliphatic rings. The SMILES string of the molecule is CCOC(=O)c1ccc(-c2c(-c3ccccc3)c(N)c3ccccc3c2O[Si](C)(C)C(C)(C)C)cc1. The number of benzene rings is 4. The largest absolute Gasteiger partial charge is 0.543 e. The van der Waals surface area contributed by atoms with Gasteiger partial charge in [-0.15, -0.1) is 0 Å². The summed E-state index contributed by atoms with van der Waals surface area (Å²) in [5, 5.41) is 1.97. The highest BCUT2D eigenvalue weighted by Crippen LogP contribution is 2.50. The van der Waals surface area contributed by atoms with E-state index in [1.807, 2.05) is 54.6 Å². The zero-order valence-electron chi connectivity index (χ0n) is 22.0. The van der Waals surface area contributed by atoms with E-state index in [9.17, 15) is 4.79 Å². The Balaban J connectivity index is 2.07. The first-order valence-corrected chi connectivity index (χ1v) is 15.3. The maximum absolute atomic E-state index is 12.3. The first-order valence-electron chi connectivity index (χ1n) is 12.4. The van der Waals surface area contributed by atoms with Gasteiger partial charge < -0.3 is 14.9 Å². The molecule has 0 spiro atoms. The molecular formula is C31H35NO3Si. The summed E-state index contributed by atoms with van der Waals surface area (Å²) in [5.41, 5.74) is 12.0. The van der Waals surface area contributed by atoms with Crippen LogP contribution in [0.4, 0.5) is 5.69 Å².